The average Bonchev–Trinajstić information content (AvgIpc) is 3.55. The minimum Gasteiger partial charge on any atom is -0.392 e. The highest BCUT2D eigenvalue weighted by molar-refractivity contribution is 7.99. The van der Waals surface area contributed by atoms with E-state index in [4.69, 9.17) is 9.47 Å². The van der Waals surface area contributed by atoms with Crippen LogP contribution in [-0.4, -0.2) is 46.9 Å². The number of benzene rings is 4. The maximum Gasteiger partial charge on any atom is 0.242 e. The first kappa shape index (κ1) is 35.5. The Morgan fingerprint density at radius 2 is 1.64 bits per heavy atom. The molecule has 0 bridgehead atoms. The summed E-state index contributed by atoms with van der Waals surface area (Å²) in [6.07, 6.45) is 3.43. The first-order valence-electron chi connectivity index (χ1n) is 16.3. The van der Waals surface area contributed by atoms with E-state index in [0.29, 0.717) is 17.9 Å². The third-order valence-electron chi connectivity index (χ3n) is 8.47. The molecular weight excluding hydrogens is 673 g/mol. The van der Waals surface area contributed by atoms with Gasteiger partial charge in [0, 0.05) is 42.9 Å². The lowest BCUT2D eigenvalue weighted by Gasteiger charge is -2.36. The summed E-state index contributed by atoms with van der Waals surface area (Å²) in [5.41, 5.74) is 4.83. The predicted octanol–water partition coefficient (Wildman–Crippen LogP) is 6.09. The van der Waals surface area contributed by atoms with Gasteiger partial charge in [-0.3, -0.25) is 4.79 Å². The molecule has 1 aromatic heterocycles. The monoisotopic (exact) mass is 712 g/mol. The number of hydrogen-bond acceptors (Lipinski definition) is 8. The zero-order valence-electron chi connectivity index (χ0n) is 27.8. The van der Waals surface area contributed by atoms with Crippen molar-refractivity contribution in [1.29, 1.82) is 0 Å². The molecular formula is C38H40N4O6S2. The number of carbonyl (C=O) groups is 1. The van der Waals surface area contributed by atoms with Gasteiger partial charge in [-0.2, -0.15) is 4.72 Å². The van der Waals surface area contributed by atoms with Crippen molar-refractivity contribution in [3.8, 4) is 0 Å². The Morgan fingerprint density at radius 3 is 2.30 bits per heavy atom. The predicted molar refractivity (Wildman–Crippen MR) is 193 cm³/mol. The molecule has 2 heterocycles. The van der Waals surface area contributed by atoms with E-state index < -0.39 is 28.3 Å². The number of thioether (sulfide) groups is 1. The van der Waals surface area contributed by atoms with Gasteiger partial charge in [-0.25, -0.2) is 13.4 Å². The molecule has 3 N–H and O–H groups in total. The lowest BCUT2D eigenvalue weighted by atomic mass is 10.0. The van der Waals surface area contributed by atoms with Gasteiger partial charge in [0.05, 0.1) is 23.7 Å². The summed E-state index contributed by atoms with van der Waals surface area (Å²) in [5.74, 6) is 0.186. The number of imidazole rings is 1. The smallest absolute Gasteiger partial charge is 0.242 e. The van der Waals surface area contributed by atoms with Crippen molar-refractivity contribution in [2.75, 3.05) is 11.1 Å². The van der Waals surface area contributed by atoms with Gasteiger partial charge in [0.15, 0.2) is 11.4 Å². The van der Waals surface area contributed by atoms with E-state index in [1.807, 2.05) is 91.5 Å². The Morgan fingerprint density at radius 1 is 0.940 bits per heavy atom. The number of nitrogens with zero attached hydrogens (tertiary/aromatic N) is 2. The Kier molecular flexibility index (Phi) is 11.5. The zero-order valence-corrected chi connectivity index (χ0v) is 29.4. The summed E-state index contributed by atoms with van der Waals surface area (Å²) >= 11 is 1.62. The Labute approximate surface area is 296 Å². The topological polar surface area (TPSA) is 132 Å². The second-order valence-electron chi connectivity index (χ2n) is 12.3. The number of amides is 1. The molecule has 1 amide bonds. The largest absolute Gasteiger partial charge is 0.392 e. The van der Waals surface area contributed by atoms with E-state index in [1.54, 1.807) is 42.2 Å². The van der Waals surface area contributed by atoms with Crippen molar-refractivity contribution >= 4 is 33.4 Å². The second-order valence-corrected chi connectivity index (χ2v) is 15.0. The molecule has 0 unspecified atom stereocenters. The fourth-order valence-electron chi connectivity index (χ4n) is 5.64. The lowest BCUT2D eigenvalue weighted by molar-refractivity contribution is -0.245. The maximum absolute atomic E-state index is 13.6. The molecule has 12 heteroatoms. The van der Waals surface area contributed by atoms with Gasteiger partial charge < -0.3 is 24.5 Å². The van der Waals surface area contributed by atoms with Crippen molar-refractivity contribution < 1.29 is 27.8 Å². The number of aromatic nitrogens is 2. The first-order valence-corrected chi connectivity index (χ1v) is 18.8. The van der Waals surface area contributed by atoms with Crippen LogP contribution in [0, 0.1) is 6.92 Å². The van der Waals surface area contributed by atoms with E-state index in [0.717, 1.165) is 33.0 Å². The molecule has 0 spiro atoms. The SMILES string of the molecule is Cc1ccc(S(=O)(=O)N[C@H](Cc2ccccc2)C(=O)Nc2ccc([C@H]3O[C@@H](CSc4nccn4C)C[C@@H](c4ccc(CO)cc4)O3)cc2)cc1. The van der Waals surface area contributed by atoms with Crippen LogP contribution in [0.5, 0.6) is 0 Å². The van der Waals surface area contributed by atoms with Crippen LogP contribution >= 0.6 is 11.8 Å². The third-order valence-corrected chi connectivity index (χ3v) is 11.1. The molecule has 1 fully saturated rings. The van der Waals surface area contributed by atoms with Crippen molar-refractivity contribution in [3.05, 3.63) is 143 Å². The van der Waals surface area contributed by atoms with Crippen molar-refractivity contribution in [2.45, 2.75) is 61.0 Å². The molecule has 4 aromatic carbocycles. The van der Waals surface area contributed by atoms with Crippen LogP contribution in [0.2, 0.25) is 0 Å². The molecule has 1 aliphatic rings. The van der Waals surface area contributed by atoms with Gasteiger partial charge >= 0.3 is 0 Å². The summed E-state index contributed by atoms with van der Waals surface area (Å²) < 4.78 is 44.1. The van der Waals surface area contributed by atoms with Crippen molar-refractivity contribution in [3.63, 3.8) is 0 Å². The number of aliphatic hydroxyl groups excluding tert-OH is 1. The van der Waals surface area contributed by atoms with Crippen LogP contribution in [0.15, 0.2) is 126 Å². The van der Waals surface area contributed by atoms with Gasteiger partial charge in [0.2, 0.25) is 15.9 Å². The third kappa shape index (κ3) is 9.08. The van der Waals surface area contributed by atoms with E-state index in [-0.39, 0.29) is 30.1 Å². The Bertz CT molecular complexity index is 1970. The molecule has 1 saturated heterocycles. The number of aryl methyl sites for hydroxylation is 2. The first-order chi connectivity index (χ1) is 24.2. The number of nitrogens with one attached hydrogen (secondary N) is 2. The number of anilines is 1. The lowest BCUT2D eigenvalue weighted by Crippen LogP contribution is -2.45. The van der Waals surface area contributed by atoms with Crippen LogP contribution in [-0.2, 0) is 44.4 Å². The molecule has 1 aliphatic heterocycles. The summed E-state index contributed by atoms with van der Waals surface area (Å²) in [4.78, 5) is 18.1. The van der Waals surface area contributed by atoms with Gasteiger partial charge in [-0.1, -0.05) is 96.2 Å². The molecule has 4 atom stereocenters. The second kappa shape index (κ2) is 16.2. The number of aliphatic hydroxyl groups is 1. The number of carbonyl (C=O) groups excluding carboxylic acids is 1. The minimum absolute atomic E-state index is 0.0328. The summed E-state index contributed by atoms with van der Waals surface area (Å²) in [6, 6.07) is 29.6. The van der Waals surface area contributed by atoms with Gasteiger partial charge in [-0.05, 0) is 54.3 Å². The van der Waals surface area contributed by atoms with Crippen LogP contribution in [0.1, 0.15) is 46.6 Å². The van der Waals surface area contributed by atoms with Crippen molar-refractivity contribution in [1.82, 2.24) is 14.3 Å². The highest BCUT2D eigenvalue weighted by Crippen LogP contribution is 2.39. The van der Waals surface area contributed by atoms with Crippen molar-refractivity contribution in [2.24, 2.45) is 7.05 Å². The molecule has 10 nitrogen and oxygen atoms in total. The average molecular weight is 713 g/mol. The Hall–Kier alpha value is -4.30. The summed E-state index contributed by atoms with van der Waals surface area (Å²) in [5, 5.41) is 13.3. The highest BCUT2D eigenvalue weighted by Gasteiger charge is 2.33. The molecule has 0 aliphatic carbocycles. The zero-order chi connectivity index (χ0) is 35.1. The van der Waals surface area contributed by atoms with Gasteiger partial charge in [0.1, 0.15) is 6.04 Å². The fourth-order valence-corrected chi connectivity index (χ4v) is 7.79. The summed E-state index contributed by atoms with van der Waals surface area (Å²) in [6.45, 7) is 1.85. The number of hydrogen-bond donors (Lipinski definition) is 3. The molecule has 0 radical (unpaired) electrons. The number of rotatable bonds is 13. The van der Waals surface area contributed by atoms with Gasteiger partial charge in [-0.15, -0.1) is 0 Å². The van der Waals surface area contributed by atoms with E-state index in [9.17, 15) is 18.3 Å². The van der Waals surface area contributed by atoms with Gasteiger partial charge in [0.25, 0.3) is 0 Å². The van der Waals surface area contributed by atoms with Crippen LogP contribution < -0.4 is 10.0 Å². The maximum atomic E-state index is 13.6. The van der Waals surface area contributed by atoms with Crippen LogP contribution in [0.4, 0.5) is 5.69 Å². The van der Waals surface area contributed by atoms with Crippen LogP contribution in [0.3, 0.4) is 0 Å². The Balaban J connectivity index is 1.18. The summed E-state index contributed by atoms with van der Waals surface area (Å²) in [7, 11) is -2.02. The molecule has 50 heavy (non-hydrogen) atoms. The minimum atomic E-state index is -3.98. The normalized spacial score (nSPS) is 18.4. The molecule has 0 saturated carbocycles. The quantitative estimate of drug-likeness (QED) is 0.125. The molecule has 260 valence electrons. The molecule has 5 aromatic rings. The van der Waals surface area contributed by atoms with E-state index >= 15 is 0 Å². The standard InChI is InChI=1S/C38H40N4O6S2/c1-26-8-18-33(19-9-26)50(45,46)41-34(22-27-6-4-3-5-7-27)36(44)40-31-16-14-30(15-17-31)37-47-32(25-49-38-39-20-21-42(38)2)23-35(48-37)29-12-10-28(24-43)11-13-29/h3-21,32,34-35,37,41,43H,22-25H2,1-2H3,(H,40,44)/t32-,34-,35+,37+/m1/s1. The van der Waals surface area contributed by atoms with E-state index in [2.05, 4.69) is 15.0 Å². The van der Waals surface area contributed by atoms with Crippen LogP contribution in [0.25, 0.3) is 0 Å². The van der Waals surface area contributed by atoms with E-state index in [1.165, 1.54) is 12.1 Å². The highest BCUT2D eigenvalue weighted by atomic mass is 32.2. The fraction of sp³-hybridized carbons (Fsp3) is 0.263. The number of sulfonamides is 1. The number of ether oxygens (including phenoxy) is 2. The molecule has 6 rings (SSSR count).